The molecule has 4 rings (SSSR count). The lowest BCUT2D eigenvalue weighted by atomic mass is 9.97. The zero-order chi connectivity index (χ0) is 21.8. The minimum absolute atomic E-state index is 0.0107. The molecule has 1 aromatic heterocycles. The van der Waals surface area contributed by atoms with Gasteiger partial charge in [0.15, 0.2) is 0 Å². The number of anilines is 1. The second-order valence-electron chi connectivity index (χ2n) is 7.55. The molecule has 0 saturated carbocycles. The lowest BCUT2D eigenvalue weighted by Gasteiger charge is -2.33. The number of nitrogens with zero attached hydrogens (tertiary/aromatic N) is 3. The fourth-order valence-electron chi connectivity index (χ4n) is 3.72. The number of aromatic nitrogens is 2. The Balaban J connectivity index is 1.45. The van der Waals surface area contributed by atoms with Gasteiger partial charge in [-0.15, -0.1) is 5.10 Å². The molecule has 0 radical (unpaired) electrons. The molecule has 1 aliphatic rings. The van der Waals surface area contributed by atoms with Crippen LogP contribution >= 0.6 is 15.9 Å². The van der Waals surface area contributed by atoms with Gasteiger partial charge in [0.25, 0.3) is 5.56 Å². The van der Waals surface area contributed by atoms with E-state index in [2.05, 4.69) is 26.3 Å². The van der Waals surface area contributed by atoms with E-state index >= 15 is 0 Å². The molecule has 1 aliphatic heterocycles. The number of halogens is 2. The Labute approximate surface area is 187 Å². The number of carbonyl (C=O) groups is 1. The van der Waals surface area contributed by atoms with Crippen LogP contribution in [0.3, 0.4) is 0 Å². The highest BCUT2D eigenvalue weighted by atomic mass is 79.9. The summed E-state index contributed by atoms with van der Waals surface area (Å²) in [5.74, 6) is 0.0968. The van der Waals surface area contributed by atoms with E-state index in [9.17, 15) is 14.0 Å². The lowest BCUT2D eigenvalue weighted by Crippen LogP contribution is -2.43. The molecule has 1 saturated heterocycles. The zero-order valence-electron chi connectivity index (χ0n) is 16.8. The Hall–Kier alpha value is -3.00. The third-order valence-corrected chi connectivity index (χ3v) is 5.82. The van der Waals surface area contributed by atoms with E-state index in [4.69, 9.17) is 0 Å². The number of hydrogen-bond acceptors (Lipinski definition) is 4. The fourth-order valence-corrected chi connectivity index (χ4v) is 4.16. The molecule has 6 nitrogen and oxygen atoms in total. The van der Waals surface area contributed by atoms with Crippen LogP contribution in [0.15, 0.2) is 69.9 Å². The molecule has 3 aromatic rings. The van der Waals surface area contributed by atoms with E-state index in [0.717, 1.165) is 29.4 Å². The van der Waals surface area contributed by atoms with E-state index < -0.39 is 0 Å². The van der Waals surface area contributed by atoms with E-state index in [-0.39, 0.29) is 23.2 Å². The van der Waals surface area contributed by atoms with Crippen LogP contribution in [0.4, 0.5) is 10.2 Å². The van der Waals surface area contributed by atoms with Crippen molar-refractivity contribution in [1.29, 1.82) is 0 Å². The first-order valence-electron chi connectivity index (χ1n) is 10.1. The average molecular weight is 485 g/mol. The van der Waals surface area contributed by atoms with Crippen molar-refractivity contribution >= 4 is 27.7 Å². The Morgan fingerprint density at radius 2 is 1.97 bits per heavy atom. The molecular weight excluding hydrogens is 463 g/mol. The van der Waals surface area contributed by atoms with E-state index in [1.54, 1.807) is 6.07 Å². The van der Waals surface area contributed by atoms with Crippen LogP contribution in [0.1, 0.15) is 18.4 Å². The molecule has 1 atom stereocenters. The Kier molecular flexibility index (Phi) is 6.46. The lowest BCUT2D eigenvalue weighted by molar-refractivity contribution is -0.125. The summed E-state index contributed by atoms with van der Waals surface area (Å²) < 4.78 is 15.5. The monoisotopic (exact) mass is 484 g/mol. The summed E-state index contributed by atoms with van der Waals surface area (Å²) in [4.78, 5) is 27.0. The highest BCUT2D eigenvalue weighted by molar-refractivity contribution is 9.10. The molecule has 0 aliphatic carbocycles. The highest BCUT2D eigenvalue weighted by Crippen LogP contribution is 2.22. The summed E-state index contributed by atoms with van der Waals surface area (Å²) in [5.41, 5.74) is 1.23. The first kappa shape index (κ1) is 21.2. The molecule has 1 unspecified atom stereocenters. The van der Waals surface area contributed by atoms with Crippen LogP contribution in [-0.2, 0) is 11.3 Å². The van der Waals surface area contributed by atoms with Gasteiger partial charge in [-0.3, -0.25) is 9.59 Å². The maximum atomic E-state index is 13.2. The van der Waals surface area contributed by atoms with Crippen LogP contribution in [0, 0.1) is 11.7 Å². The molecular formula is C23H22BrFN4O2. The number of amides is 1. The van der Waals surface area contributed by atoms with Gasteiger partial charge in [0, 0.05) is 30.2 Å². The molecule has 1 fully saturated rings. The van der Waals surface area contributed by atoms with Crippen molar-refractivity contribution in [2.45, 2.75) is 19.4 Å². The number of nitrogens with one attached hydrogen (secondary N) is 1. The third-order valence-electron chi connectivity index (χ3n) is 5.33. The third kappa shape index (κ3) is 5.19. The number of hydrogen-bond donors (Lipinski definition) is 1. The topological polar surface area (TPSA) is 67.2 Å². The molecule has 31 heavy (non-hydrogen) atoms. The normalized spacial score (nSPS) is 16.2. The molecule has 0 bridgehead atoms. The van der Waals surface area contributed by atoms with Gasteiger partial charge < -0.3 is 10.2 Å². The number of rotatable bonds is 5. The summed E-state index contributed by atoms with van der Waals surface area (Å²) in [6.45, 7) is 1.76. The van der Waals surface area contributed by atoms with Crippen molar-refractivity contribution in [2.24, 2.45) is 5.92 Å². The van der Waals surface area contributed by atoms with E-state index in [0.29, 0.717) is 24.6 Å². The summed E-state index contributed by atoms with van der Waals surface area (Å²) >= 11 is 3.44. The van der Waals surface area contributed by atoms with Gasteiger partial charge in [0.1, 0.15) is 11.6 Å². The molecule has 2 aromatic carbocycles. The minimum atomic E-state index is -0.374. The molecule has 8 heteroatoms. The van der Waals surface area contributed by atoms with Gasteiger partial charge in [-0.2, -0.15) is 4.68 Å². The Morgan fingerprint density at radius 1 is 1.16 bits per heavy atom. The number of benzene rings is 2. The smallest absolute Gasteiger partial charge is 0.271 e. The molecule has 2 heterocycles. The van der Waals surface area contributed by atoms with Crippen molar-refractivity contribution in [3.63, 3.8) is 0 Å². The van der Waals surface area contributed by atoms with Crippen LogP contribution in [0.2, 0.25) is 0 Å². The first-order valence-corrected chi connectivity index (χ1v) is 10.9. The standard InChI is InChI=1S/C23H22BrFN4O2/c24-18-5-1-3-16(13-18)14-26-23(31)17-4-2-12-28(15-17)21-10-11-22(30)29(27-21)20-8-6-19(25)7-9-20/h1,3,5-11,13,17H,2,4,12,14-15H2,(H,26,31). The van der Waals surface area contributed by atoms with Gasteiger partial charge in [0.05, 0.1) is 11.6 Å². The summed E-state index contributed by atoms with van der Waals surface area (Å²) in [6.07, 6.45) is 1.66. The van der Waals surface area contributed by atoms with Gasteiger partial charge in [0.2, 0.25) is 5.91 Å². The largest absolute Gasteiger partial charge is 0.354 e. The van der Waals surface area contributed by atoms with Crippen LogP contribution in [0.5, 0.6) is 0 Å². The summed E-state index contributed by atoms with van der Waals surface area (Å²) in [6, 6.07) is 16.6. The van der Waals surface area contributed by atoms with Crippen molar-refractivity contribution in [2.75, 3.05) is 18.0 Å². The first-order chi connectivity index (χ1) is 15.0. The molecule has 0 spiro atoms. The average Bonchev–Trinajstić information content (AvgIpc) is 2.79. The number of piperidine rings is 1. The second kappa shape index (κ2) is 9.43. The van der Waals surface area contributed by atoms with Crippen molar-refractivity contribution in [3.05, 3.63) is 86.9 Å². The Bertz CT molecular complexity index is 1130. The Morgan fingerprint density at radius 3 is 2.74 bits per heavy atom. The molecule has 1 N–H and O–H groups in total. The van der Waals surface area contributed by atoms with Gasteiger partial charge >= 0.3 is 0 Å². The van der Waals surface area contributed by atoms with Gasteiger partial charge in [-0.1, -0.05) is 28.1 Å². The SMILES string of the molecule is O=C(NCc1cccc(Br)c1)C1CCCN(c2ccc(=O)n(-c3ccc(F)cc3)n2)C1. The van der Waals surface area contributed by atoms with Crippen molar-refractivity contribution < 1.29 is 9.18 Å². The quantitative estimate of drug-likeness (QED) is 0.599. The van der Waals surface area contributed by atoms with Crippen LogP contribution in [-0.4, -0.2) is 28.8 Å². The van der Waals surface area contributed by atoms with E-state index in [1.807, 2.05) is 29.2 Å². The summed E-state index contributed by atoms with van der Waals surface area (Å²) in [7, 11) is 0. The van der Waals surface area contributed by atoms with E-state index in [1.165, 1.54) is 35.0 Å². The molecule has 1 amide bonds. The molecule has 160 valence electrons. The maximum Gasteiger partial charge on any atom is 0.271 e. The zero-order valence-corrected chi connectivity index (χ0v) is 18.4. The highest BCUT2D eigenvalue weighted by Gasteiger charge is 2.26. The fraction of sp³-hybridized carbons (Fsp3) is 0.261. The van der Waals surface area contributed by atoms with Crippen LogP contribution in [0.25, 0.3) is 5.69 Å². The maximum absolute atomic E-state index is 13.2. The predicted molar refractivity (Wildman–Crippen MR) is 121 cm³/mol. The predicted octanol–water partition coefficient (Wildman–Crippen LogP) is 3.67. The van der Waals surface area contributed by atoms with Gasteiger partial charge in [-0.25, -0.2) is 4.39 Å². The van der Waals surface area contributed by atoms with Crippen LogP contribution < -0.4 is 15.8 Å². The minimum Gasteiger partial charge on any atom is -0.354 e. The van der Waals surface area contributed by atoms with Gasteiger partial charge in [-0.05, 0) is 60.9 Å². The summed E-state index contributed by atoms with van der Waals surface area (Å²) in [5, 5.41) is 7.49. The number of carbonyl (C=O) groups excluding carboxylic acids is 1. The second-order valence-corrected chi connectivity index (χ2v) is 8.47. The van der Waals surface area contributed by atoms with Crippen molar-refractivity contribution in [1.82, 2.24) is 15.1 Å². The van der Waals surface area contributed by atoms with Crippen molar-refractivity contribution in [3.8, 4) is 5.69 Å².